The lowest BCUT2D eigenvalue weighted by Gasteiger charge is -2.33. The molecule has 0 bridgehead atoms. The van der Waals surface area contributed by atoms with Gasteiger partial charge in [0.25, 0.3) is 0 Å². The number of esters is 1. The van der Waals surface area contributed by atoms with Gasteiger partial charge in [-0.15, -0.1) is 0 Å². The Kier molecular flexibility index (Phi) is 5.75. The van der Waals surface area contributed by atoms with Crippen LogP contribution in [0.5, 0.6) is 0 Å². The van der Waals surface area contributed by atoms with Gasteiger partial charge in [-0.1, -0.05) is 20.8 Å². The molecule has 120 valence electrons. The van der Waals surface area contributed by atoms with Crippen LogP contribution in [0.4, 0.5) is 0 Å². The zero-order valence-corrected chi connectivity index (χ0v) is 13.6. The first-order valence-corrected chi connectivity index (χ1v) is 7.42. The number of hydrogen-bond donors (Lipinski definition) is 1. The number of rotatable bonds is 4. The molecule has 0 aromatic rings. The zero-order valence-electron chi connectivity index (χ0n) is 13.6. The van der Waals surface area contributed by atoms with E-state index in [1.54, 1.807) is 14.0 Å². The Hall–Kier alpha value is -1.59. The molecule has 0 aliphatic carbocycles. The molecule has 1 rings (SSSR count). The summed E-state index contributed by atoms with van der Waals surface area (Å²) in [6, 6.07) is -0.484. The normalized spacial score (nSPS) is 20.0. The Morgan fingerprint density at radius 3 is 2.43 bits per heavy atom. The second kappa shape index (κ2) is 6.91. The number of likely N-dealkylation sites (tertiary alicyclic amines) is 1. The van der Waals surface area contributed by atoms with Crippen LogP contribution in [-0.2, 0) is 19.1 Å². The van der Waals surface area contributed by atoms with Crippen molar-refractivity contribution in [3.05, 3.63) is 0 Å². The molecule has 1 saturated heterocycles. The van der Waals surface area contributed by atoms with E-state index in [1.165, 1.54) is 4.90 Å². The standard InChI is InChI=1S/C15H26N2O4/c1-6-21-14(20)11(15(2,3)4)13(19)17-9-7-8-10(17)12(18)16-5/h10-11H,6-9H2,1-5H3,(H,16,18). The molecule has 1 fully saturated rings. The fourth-order valence-corrected chi connectivity index (χ4v) is 2.69. The number of amides is 2. The maximum atomic E-state index is 12.8. The molecular weight excluding hydrogens is 272 g/mol. The van der Waals surface area contributed by atoms with Crippen molar-refractivity contribution in [3.8, 4) is 0 Å². The maximum absolute atomic E-state index is 12.8. The highest BCUT2D eigenvalue weighted by Crippen LogP contribution is 2.31. The number of likely N-dealkylation sites (N-methyl/N-ethyl adjacent to an activating group) is 1. The lowest BCUT2D eigenvalue weighted by molar-refractivity contribution is -0.162. The molecule has 0 aromatic carbocycles. The van der Waals surface area contributed by atoms with Gasteiger partial charge in [-0.05, 0) is 25.2 Å². The quantitative estimate of drug-likeness (QED) is 0.619. The average molecular weight is 298 g/mol. The van der Waals surface area contributed by atoms with Gasteiger partial charge in [-0.2, -0.15) is 0 Å². The minimum Gasteiger partial charge on any atom is -0.465 e. The van der Waals surface area contributed by atoms with Crippen LogP contribution in [0.15, 0.2) is 0 Å². The van der Waals surface area contributed by atoms with E-state index in [0.717, 1.165) is 6.42 Å². The first kappa shape index (κ1) is 17.5. The predicted octanol–water partition coefficient (Wildman–Crippen LogP) is 0.949. The zero-order chi connectivity index (χ0) is 16.2. The van der Waals surface area contributed by atoms with Crippen molar-refractivity contribution in [1.29, 1.82) is 0 Å². The molecule has 2 unspecified atom stereocenters. The van der Waals surface area contributed by atoms with E-state index < -0.39 is 23.3 Å². The van der Waals surface area contributed by atoms with Crippen LogP contribution >= 0.6 is 0 Å². The van der Waals surface area contributed by atoms with E-state index in [4.69, 9.17) is 4.74 Å². The third kappa shape index (κ3) is 3.95. The van der Waals surface area contributed by atoms with Crippen LogP contribution < -0.4 is 5.32 Å². The second-order valence-electron chi connectivity index (χ2n) is 6.35. The van der Waals surface area contributed by atoms with Gasteiger partial charge < -0.3 is 15.0 Å². The van der Waals surface area contributed by atoms with Crippen molar-refractivity contribution in [3.63, 3.8) is 0 Å². The third-order valence-electron chi connectivity index (χ3n) is 3.72. The van der Waals surface area contributed by atoms with E-state index >= 15 is 0 Å². The van der Waals surface area contributed by atoms with Crippen molar-refractivity contribution in [2.45, 2.75) is 46.6 Å². The van der Waals surface area contributed by atoms with E-state index in [0.29, 0.717) is 13.0 Å². The minimum atomic E-state index is -0.886. The number of nitrogens with zero attached hydrogens (tertiary/aromatic N) is 1. The molecular formula is C15H26N2O4. The van der Waals surface area contributed by atoms with Crippen molar-refractivity contribution >= 4 is 17.8 Å². The van der Waals surface area contributed by atoms with E-state index in [2.05, 4.69) is 5.32 Å². The average Bonchev–Trinajstić information content (AvgIpc) is 2.85. The van der Waals surface area contributed by atoms with Crippen molar-refractivity contribution < 1.29 is 19.1 Å². The summed E-state index contributed by atoms with van der Waals surface area (Å²) in [5, 5.41) is 2.57. The highest BCUT2D eigenvalue weighted by atomic mass is 16.5. The summed E-state index contributed by atoms with van der Waals surface area (Å²) >= 11 is 0. The van der Waals surface area contributed by atoms with Gasteiger partial charge in [0, 0.05) is 13.6 Å². The largest absolute Gasteiger partial charge is 0.465 e. The lowest BCUT2D eigenvalue weighted by Crippen LogP contribution is -2.51. The summed E-state index contributed by atoms with van der Waals surface area (Å²) in [5.74, 6) is -1.90. The molecule has 1 aliphatic heterocycles. The molecule has 21 heavy (non-hydrogen) atoms. The van der Waals surface area contributed by atoms with Crippen LogP contribution in [0.1, 0.15) is 40.5 Å². The third-order valence-corrected chi connectivity index (χ3v) is 3.72. The molecule has 2 atom stereocenters. The van der Waals surface area contributed by atoms with Gasteiger partial charge in [0.1, 0.15) is 12.0 Å². The van der Waals surface area contributed by atoms with Crippen LogP contribution in [0.2, 0.25) is 0 Å². The maximum Gasteiger partial charge on any atom is 0.319 e. The van der Waals surface area contributed by atoms with Crippen molar-refractivity contribution in [2.24, 2.45) is 11.3 Å². The fourth-order valence-electron chi connectivity index (χ4n) is 2.69. The van der Waals surface area contributed by atoms with Crippen LogP contribution in [0.25, 0.3) is 0 Å². The van der Waals surface area contributed by atoms with E-state index in [-0.39, 0.29) is 18.4 Å². The van der Waals surface area contributed by atoms with Gasteiger partial charge in [-0.25, -0.2) is 0 Å². The molecule has 6 heteroatoms. The van der Waals surface area contributed by atoms with Crippen molar-refractivity contribution in [2.75, 3.05) is 20.2 Å². The summed E-state index contributed by atoms with van der Waals surface area (Å²) in [7, 11) is 1.55. The van der Waals surface area contributed by atoms with Gasteiger partial charge in [0.05, 0.1) is 6.61 Å². The minimum absolute atomic E-state index is 0.183. The van der Waals surface area contributed by atoms with Gasteiger partial charge in [0.2, 0.25) is 11.8 Å². The Labute approximate surface area is 126 Å². The summed E-state index contributed by atoms with van der Waals surface area (Å²) in [6.07, 6.45) is 1.40. The SMILES string of the molecule is CCOC(=O)C(C(=O)N1CCCC1C(=O)NC)C(C)(C)C. The summed E-state index contributed by atoms with van der Waals surface area (Å²) < 4.78 is 5.05. The molecule has 0 spiro atoms. The molecule has 2 amide bonds. The summed E-state index contributed by atoms with van der Waals surface area (Å²) in [6.45, 7) is 7.94. The number of nitrogens with one attached hydrogen (secondary N) is 1. The molecule has 6 nitrogen and oxygen atoms in total. The van der Waals surface area contributed by atoms with E-state index in [1.807, 2.05) is 20.8 Å². The molecule has 0 saturated carbocycles. The Morgan fingerprint density at radius 1 is 1.33 bits per heavy atom. The Morgan fingerprint density at radius 2 is 1.95 bits per heavy atom. The lowest BCUT2D eigenvalue weighted by atomic mass is 9.79. The van der Waals surface area contributed by atoms with Crippen LogP contribution in [0.3, 0.4) is 0 Å². The summed E-state index contributed by atoms with van der Waals surface area (Å²) in [4.78, 5) is 38.3. The van der Waals surface area contributed by atoms with Gasteiger partial charge in [-0.3, -0.25) is 14.4 Å². The van der Waals surface area contributed by atoms with Crippen molar-refractivity contribution in [1.82, 2.24) is 10.2 Å². The molecule has 1 heterocycles. The first-order chi connectivity index (χ1) is 9.73. The Balaban J connectivity index is 3.00. The van der Waals surface area contributed by atoms with Gasteiger partial charge >= 0.3 is 5.97 Å². The highest BCUT2D eigenvalue weighted by Gasteiger charge is 2.45. The number of hydrogen-bond acceptors (Lipinski definition) is 4. The number of carbonyl (C=O) groups is 3. The number of ether oxygens (including phenoxy) is 1. The van der Waals surface area contributed by atoms with E-state index in [9.17, 15) is 14.4 Å². The summed E-state index contributed by atoms with van der Waals surface area (Å²) in [5.41, 5.74) is -0.556. The highest BCUT2D eigenvalue weighted by molar-refractivity contribution is 6.00. The molecule has 0 aromatic heterocycles. The molecule has 1 N–H and O–H groups in total. The first-order valence-electron chi connectivity index (χ1n) is 7.42. The Bertz CT molecular complexity index is 414. The fraction of sp³-hybridized carbons (Fsp3) is 0.800. The number of carbonyl (C=O) groups excluding carboxylic acids is 3. The predicted molar refractivity (Wildman–Crippen MR) is 78.4 cm³/mol. The van der Waals surface area contributed by atoms with Gasteiger partial charge in [0.15, 0.2) is 0 Å². The molecule has 1 aliphatic rings. The van der Waals surface area contributed by atoms with Crippen LogP contribution in [0, 0.1) is 11.3 Å². The molecule has 0 radical (unpaired) electrons. The topological polar surface area (TPSA) is 75.7 Å². The second-order valence-corrected chi connectivity index (χ2v) is 6.35. The van der Waals surface area contributed by atoms with Crippen LogP contribution in [-0.4, -0.2) is 48.9 Å². The smallest absolute Gasteiger partial charge is 0.319 e. The monoisotopic (exact) mass is 298 g/mol.